The summed E-state index contributed by atoms with van der Waals surface area (Å²) in [6.45, 7) is 4.58. The van der Waals surface area contributed by atoms with E-state index in [-0.39, 0.29) is 0 Å². The van der Waals surface area contributed by atoms with Crippen LogP contribution in [-0.2, 0) is 0 Å². The second-order valence-electron chi connectivity index (χ2n) is 5.86. The molecule has 0 saturated carbocycles. The van der Waals surface area contributed by atoms with Gasteiger partial charge in [0.15, 0.2) is 0 Å². The first-order valence-electron chi connectivity index (χ1n) is 8.99. The maximum Gasteiger partial charge on any atom is -0.00675 e. The smallest absolute Gasteiger partial charge is 0.00675 e. The third-order valence-corrected chi connectivity index (χ3v) is 4.94. The maximum absolute atomic E-state index is 2.29. The molecule has 0 nitrogen and oxygen atoms in total. The highest BCUT2D eigenvalue weighted by molar-refractivity contribution is 7.99. The lowest BCUT2D eigenvalue weighted by atomic mass is 10.1. The monoisotopic (exact) mass is 286 g/mol. The Hall–Kier alpha value is 0.350. The number of hydrogen-bond donors (Lipinski definition) is 0. The predicted molar refractivity (Wildman–Crippen MR) is 93.3 cm³/mol. The van der Waals surface area contributed by atoms with Crippen LogP contribution in [0.3, 0.4) is 0 Å². The molecule has 0 aromatic rings. The Morgan fingerprint density at radius 2 is 0.737 bits per heavy atom. The van der Waals surface area contributed by atoms with Crippen molar-refractivity contribution in [3.8, 4) is 0 Å². The van der Waals surface area contributed by atoms with Gasteiger partial charge < -0.3 is 0 Å². The second kappa shape index (κ2) is 18.4. The molecule has 0 saturated heterocycles. The molecular weight excluding hydrogens is 248 g/mol. The van der Waals surface area contributed by atoms with Crippen molar-refractivity contribution in [3.05, 3.63) is 0 Å². The van der Waals surface area contributed by atoms with Gasteiger partial charge >= 0.3 is 0 Å². The summed E-state index contributed by atoms with van der Waals surface area (Å²) in [5.74, 6) is 2.81. The van der Waals surface area contributed by atoms with Crippen LogP contribution in [0.1, 0.15) is 104 Å². The summed E-state index contributed by atoms with van der Waals surface area (Å²) in [6.07, 6.45) is 20.2. The first-order valence-corrected chi connectivity index (χ1v) is 10.1. The predicted octanol–water partition coefficient (Wildman–Crippen LogP) is 7.22. The number of rotatable bonds is 16. The fourth-order valence-corrected chi connectivity index (χ4v) is 3.45. The summed E-state index contributed by atoms with van der Waals surface area (Å²) in [6, 6.07) is 0. The van der Waals surface area contributed by atoms with Crippen molar-refractivity contribution in [2.75, 3.05) is 11.5 Å². The highest BCUT2D eigenvalue weighted by Gasteiger charge is 1.94. The average Bonchev–Trinajstić information content (AvgIpc) is 2.43. The van der Waals surface area contributed by atoms with E-state index in [9.17, 15) is 0 Å². The van der Waals surface area contributed by atoms with Gasteiger partial charge in [-0.3, -0.25) is 0 Å². The van der Waals surface area contributed by atoms with Gasteiger partial charge in [0.1, 0.15) is 0 Å². The van der Waals surface area contributed by atoms with Crippen molar-refractivity contribution < 1.29 is 0 Å². The van der Waals surface area contributed by atoms with Crippen LogP contribution >= 0.6 is 11.8 Å². The van der Waals surface area contributed by atoms with Gasteiger partial charge in [0.05, 0.1) is 0 Å². The topological polar surface area (TPSA) is 0 Å². The molecule has 0 heterocycles. The molecule has 0 fully saturated rings. The van der Waals surface area contributed by atoms with Crippen molar-refractivity contribution in [1.29, 1.82) is 0 Å². The lowest BCUT2D eigenvalue weighted by Crippen LogP contribution is -1.86. The molecule has 0 amide bonds. The molecule has 0 N–H and O–H groups in total. The third-order valence-electron chi connectivity index (χ3n) is 3.78. The Bertz CT molecular complexity index is 129. The van der Waals surface area contributed by atoms with Crippen molar-refractivity contribution in [1.82, 2.24) is 0 Å². The van der Waals surface area contributed by atoms with Crippen LogP contribution < -0.4 is 0 Å². The minimum atomic E-state index is 1.37. The molecular formula is C18H38S. The molecule has 0 aliphatic heterocycles. The minimum absolute atomic E-state index is 1.37. The molecule has 0 aliphatic carbocycles. The van der Waals surface area contributed by atoms with Gasteiger partial charge in [-0.05, 0) is 24.3 Å². The summed E-state index contributed by atoms with van der Waals surface area (Å²) in [5, 5.41) is 0. The fraction of sp³-hybridized carbons (Fsp3) is 1.00. The fourth-order valence-electron chi connectivity index (χ4n) is 2.42. The van der Waals surface area contributed by atoms with E-state index in [1.807, 2.05) is 0 Å². The molecule has 0 radical (unpaired) electrons. The summed E-state index contributed by atoms with van der Waals surface area (Å²) < 4.78 is 0. The zero-order valence-electron chi connectivity index (χ0n) is 13.7. The molecule has 1 heteroatoms. The number of thioether (sulfide) groups is 1. The SMILES string of the molecule is CCCCCCCCCCSCCCCCCCC. The molecule has 0 spiro atoms. The van der Waals surface area contributed by atoms with E-state index in [0.29, 0.717) is 0 Å². The summed E-state index contributed by atoms with van der Waals surface area (Å²) in [4.78, 5) is 0. The van der Waals surface area contributed by atoms with Crippen LogP contribution in [0.15, 0.2) is 0 Å². The van der Waals surface area contributed by atoms with Crippen LogP contribution in [0.25, 0.3) is 0 Å². The van der Waals surface area contributed by atoms with Gasteiger partial charge in [-0.2, -0.15) is 11.8 Å². The van der Waals surface area contributed by atoms with Crippen LogP contribution in [-0.4, -0.2) is 11.5 Å². The molecule has 0 bridgehead atoms. The molecule has 0 aromatic carbocycles. The van der Waals surface area contributed by atoms with Crippen LogP contribution in [0.4, 0.5) is 0 Å². The van der Waals surface area contributed by atoms with Gasteiger partial charge in [0.2, 0.25) is 0 Å². The van der Waals surface area contributed by atoms with Gasteiger partial charge in [-0.1, -0.05) is 90.9 Å². The van der Waals surface area contributed by atoms with Crippen molar-refractivity contribution >= 4 is 11.8 Å². The van der Waals surface area contributed by atoms with E-state index in [4.69, 9.17) is 0 Å². The molecule has 0 unspecified atom stereocenters. The standard InChI is InChI=1S/C18H38S/c1-3-5-7-9-11-12-14-16-18-19-17-15-13-10-8-6-4-2/h3-18H2,1-2H3. The maximum atomic E-state index is 2.29. The Morgan fingerprint density at radius 1 is 0.421 bits per heavy atom. The van der Waals surface area contributed by atoms with E-state index < -0.39 is 0 Å². The van der Waals surface area contributed by atoms with Gasteiger partial charge in [0.25, 0.3) is 0 Å². The lowest BCUT2D eigenvalue weighted by Gasteiger charge is -2.03. The largest absolute Gasteiger partial charge is 0.162 e. The quantitative estimate of drug-likeness (QED) is 0.270. The van der Waals surface area contributed by atoms with Crippen molar-refractivity contribution in [2.24, 2.45) is 0 Å². The third kappa shape index (κ3) is 18.4. The van der Waals surface area contributed by atoms with Gasteiger partial charge in [-0.25, -0.2) is 0 Å². The Labute approximate surface area is 127 Å². The molecule has 0 aliphatic rings. The first kappa shape index (κ1) is 19.4. The van der Waals surface area contributed by atoms with Gasteiger partial charge in [-0.15, -0.1) is 0 Å². The van der Waals surface area contributed by atoms with Crippen LogP contribution in [0.5, 0.6) is 0 Å². The van der Waals surface area contributed by atoms with E-state index >= 15 is 0 Å². The average molecular weight is 287 g/mol. The van der Waals surface area contributed by atoms with Crippen molar-refractivity contribution in [3.63, 3.8) is 0 Å². The zero-order chi connectivity index (χ0) is 14.0. The Morgan fingerprint density at radius 3 is 1.11 bits per heavy atom. The van der Waals surface area contributed by atoms with Crippen molar-refractivity contribution in [2.45, 2.75) is 104 Å². The first-order chi connectivity index (χ1) is 9.41. The normalized spacial score (nSPS) is 11.1. The highest BCUT2D eigenvalue weighted by Crippen LogP contribution is 2.13. The van der Waals surface area contributed by atoms with Gasteiger partial charge in [0, 0.05) is 0 Å². The minimum Gasteiger partial charge on any atom is -0.162 e. The van der Waals surface area contributed by atoms with E-state index in [2.05, 4.69) is 25.6 Å². The zero-order valence-corrected chi connectivity index (χ0v) is 14.5. The molecule has 19 heavy (non-hydrogen) atoms. The lowest BCUT2D eigenvalue weighted by molar-refractivity contribution is 0.586. The Balaban J connectivity index is 2.88. The summed E-state index contributed by atoms with van der Waals surface area (Å²) in [5.41, 5.74) is 0. The highest BCUT2D eigenvalue weighted by atomic mass is 32.2. The summed E-state index contributed by atoms with van der Waals surface area (Å²) in [7, 11) is 0. The summed E-state index contributed by atoms with van der Waals surface area (Å²) >= 11 is 2.19. The molecule has 0 aromatic heterocycles. The molecule has 0 rings (SSSR count). The number of unbranched alkanes of at least 4 members (excludes halogenated alkanes) is 12. The van der Waals surface area contributed by atoms with E-state index in [1.54, 1.807) is 0 Å². The molecule has 0 atom stereocenters. The number of hydrogen-bond acceptors (Lipinski definition) is 1. The Kier molecular flexibility index (Phi) is 18.7. The van der Waals surface area contributed by atoms with E-state index in [1.165, 1.54) is 101 Å². The van der Waals surface area contributed by atoms with Crippen LogP contribution in [0, 0.1) is 0 Å². The van der Waals surface area contributed by atoms with Crippen LogP contribution in [0.2, 0.25) is 0 Å². The molecule has 116 valence electrons. The van der Waals surface area contributed by atoms with E-state index in [0.717, 1.165) is 0 Å². The second-order valence-corrected chi connectivity index (χ2v) is 7.08.